The van der Waals surface area contributed by atoms with Gasteiger partial charge in [-0.3, -0.25) is 4.79 Å². The average Bonchev–Trinajstić information content (AvgIpc) is 2.56. The first-order valence-corrected chi connectivity index (χ1v) is 9.81. The fourth-order valence-corrected chi connectivity index (χ4v) is 3.94. The summed E-state index contributed by atoms with van der Waals surface area (Å²) >= 11 is 1.84. The van der Waals surface area contributed by atoms with E-state index in [9.17, 15) is 4.79 Å². The third-order valence-electron chi connectivity index (χ3n) is 4.76. The summed E-state index contributed by atoms with van der Waals surface area (Å²) < 4.78 is 0. The zero-order chi connectivity index (χ0) is 16.7. The van der Waals surface area contributed by atoms with Crippen LogP contribution >= 0.6 is 24.2 Å². The normalized spacial score (nSPS) is 17.6. The van der Waals surface area contributed by atoms with Gasteiger partial charge in [0.1, 0.15) is 0 Å². The van der Waals surface area contributed by atoms with Crippen LogP contribution in [0, 0.1) is 11.8 Å². The van der Waals surface area contributed by atoms with Crippen molar-refractivity contribution >= 4 is 30.1 Å². The minimum absolute atomic E-state index is 0. The number of piperidine rings is 1. The molecule has 1 heterocycles. The minimum Gasteiger partial charge on any atom is -0.350 e. The van der Waals surface area contributed by atoms with Crippen LogP contribution in [0.5, 0.6) is 0 Å². The van der Waals surface area contributed by atoms with Gasteiger partial charge < -0.3 is 10.6 Å². The predicted octanol–water partition coefficient (Wildman–Crippen LogP) is 4.42. The number of carbonyl (C=O) groups is 1. The molecule has 2 N–H and O–H groups in total. The minimum atomic E-state index is 0. The molecule has 0 saturated carbocycles. The Morgan fingerprint density at radius 3 is 2.46 bits per heavy atom. The van der Waals surface area contributed by atoms with Gasteiger partial charge in [0.05, 0.1) is 6.04 Å². The van der Waals surface area contributed by atoms with Crippen LogP contribution in [0.1, 0.15) is 51.6 Å². The Balaban J connectivity index is 0.00000288. The fourth-order valence-electron chi connectivity index (χ4n) is 3.28. The number of hydrogen-bond donors (Lipinski definition) is 2. The Morgan fingerprint density at radius 2 is 1.88 bits per heavy atom. The van der Waals surface area contributed by atoms with Gasteiger partial charge in [0.15, 0.2) is 0 Å². The summed E-state index contributed by atoms with van der Waals surface area (Å²) in [4.78, 5) is 13.6. The molecule has 1 amide bonds. The van der Waals surface area contributed by atoms with E-state index >= 15 is 0 Å². The molecule has 0 bridgehead atoms. The molecule has 0 radical (unpaired) electrons. The number of benzene rings is 1. The molecule has 1 aromatic rings. The fraction of sp³-hybridized carbons (Fsp3) is 0.632. The van der Waals surface area contributed by atoms with Crippen molar-refractivity contribution in [3.63, 3.8) is 0 Å². The molecule has 1 aliphatic heterocycles. The Hall–Kier alpha value is -0.710. The summed E-state index contributed by atoms with van der Waals surface area (Å²) in [6.45, 7) is 8.63. The van der Waals surface area contributed by atoms with Crippen LogP contribution in [0.2, 0.25) is 0 Å². The number of nitrogens with one attached hydrogen (secondary N) is 2. The zero-order valence-electron chi connectivity index (χ0n) is 15.0. The van der Waals surface area contributed by atoms with E-state index in [1.165, 1.54) is 23.3 Å². The number of hydrogen-bond acceptors (Lipinski definition) is 3. The first-order valence-electron chi connectivity index (χ1n) is 8.83. The number of thioether (sulfide) groups is 1. The van der Waals surface area contributed by atoms with Crippen molar-refractivity contribution in [2.45, 2.75) is 51.0 Å². The monoisotopic (exact) mass is 370 g/mol. The molecule has 1 fully saturated rings. The van der Waals surface area contributed by atoms with Crippen molar-refractivity contribution in [1.82, 2.24) is 10.6 Å². The number of amides is 1. The maximum absolute atomic E-state index is 12.3. The maximum Gasteiger partial charge on any atom is 0.220 e. The second kappa shape index (κ2) is 11.0. The summed E-state index contributed by atoms with van der Waals surface area (Å²) in [5, 5.41) is 6.54. The zero-order valence-corrected chi connectivity index (χ0v) is 16.6. The van der Waals surface area contributed by atoms with E-state index in [1.54, 1.807) is 0 Å². The van der Waals surface area contributed by atoms with Crippen molar-refractivity contribution in [2.24, 2.45) is 11.8 Å². The van der Waals surface area contributed by atoms with Crippen LogP contribution in [-0.4, -0.2) is 24.7 Å². The van der Waals surface area contributed by atoms with E-state index in [-0.39, 0.29) is 24.4 Å². The van der Waals surface area contributed by atoms with Gasteiger partial charge in [-0.1, -0.05) is 26.0 Å². The molecule has 1 aliphatic rings. The van der Waals surface area contributed by atoms with E-state index in [2.05, 4.69) is 55.7 Å². The lowest BCUT2D eigenvalue weighted by Gasteiger charge is -2.28. The van der Waals surface area contributed by atoms with Crippen molar-refractivity contribution in [2.75, 3.05) is 18.8 Å². The third-order valence-corrected chi connectivity index (χ3v) is 5.66. The Labute approximate surface area is 157 Å². The smallest absolute Gasteiger partial charge is 0.220 e. The van der Waals surface area contributed by atoms with Crippen molar-refractivity contribution in [3.05, 3.63) is 29.8 Å². The number of rotatable bonds is 7. The molecule has 0 spiro atoms. The Bertz CT molecular complexity index is 489. The van der Waals surface area contributed by atoms with E-state index in [4.69, 9.17) is 0 Å². The second-order valence-electron chi connectivity index (χ2n) is 6.56. The summed E-state index contributed by atoms with van der Waals surface area (Å²) in [5.41, 5.74) is 1.17. The molecular weight excluding hydrogens is 340 g/mol. The highest BCUT2D eigenvalue weighted by molar-refractivity contribution is 7.99. The van der Waals surface area contributed by atoms with Gasteiger partial charge in [-0.05, 0) is 68.1 Å². The molecule has 3 nitrogen and oxygen atoms in total. The lowest BCUT2D eigenvalue weighted by molar-refractivity contribution is -0.123. The van der Waals surface area contributed by atoms with E-state index in [0.29, 0.717) is 18.3 Å². The summed E-state index contributed by atoms with van der Waals surface area (Å²) in [6, 6.07) is 8.61. The highest BCUT2D eigenvalue weighted by Gasteiger charge is 2.22. The molecule has 2 rings (SSSR count). The van der Waals surface area contributed by atoms with Gasteiger partial charge in [0, 0.05) is 11.3 Å². The average molecular weight is 371 g/mol. The molecule has 136 valence electrons. The lowest BCUT2D eigenvalue weighted by Crippen LogP contribution is -2.34. The molecule has 0 aromatic heterocycles. The quantitative estimate of drug-likeness (QED) is 0.698. The van der Waals surface area contributed by atoms with Crippen molar-refractivity contribution < 1.29 is 4.79 Å². The lowest BCUT2D eigenvalue weighted by atomic mass is 9.84. The van der Waals surface area contributed by atoms with Crippen molar-refractivity contribution in [1.29, 1.82) is 0 Å². The van der Waals surface area contributed by atoms with Gasteiger partial charge in [-0.15, -0.1) is 24.2 Å². The van der Waals surface area contributed by atoms with Crippen LogP contribution in [0.25, 0.3) is 0 Å². The highest BCUT2D eigenvalue weighted by atomic mass is 35.5. The summed E-state index contributed by atoms with van der Waals surface area (Å²) in [6.07, 6.45) is 3.03. The summed E-state index contributed by atoms with van der Waals surface area (Å²) in [7, 11) is 0. The molecule has 2 unspecified atom stereocenters. The highest BCUT2D eigenvalue weighted by Crippen LogP contribution is 2.25. The topological polar surface area (TPSA) is 41.1 Å². The van der Waals surface area contributed by atoms with Gasteiger partial charge in [0.2, 0.25) is 5.91 Å². The predicted molar refractivity (Wildman–Crippen MR) is 106 cm³/mol. The van der Waals surface area contributed by atoms with Crippen LogP contribution < -0.4 is 10.6 Å². The van der Waals surface area contributed by atoms with Gasteiger partial charge in [-0.25, -0.2) is 0 Å². The van der Waals surface area contributed by atoms with E-state index in [1.807, 2.05) is 11.8 Å². The first kappa shape index (κ1) is 21.3. The molecule has 1 saturated heterocycles. The molecule has 1 aromatic carbocycles. The van der Waals surface area contributed by atoms with E-state index < -0.39 is 0 Å². The standard InChI is InChI=1S/C19H30N2OS.ClH/c1-4-23-18-7-5-17(6-8-18)15(3)21-19(22)13-14(2)16-9-11-20-12-10-16;/h5-8,14-16,20H,4,9-13H2,1-3H3,(H,21,22);1H. The van der Waals surface area contributed by atoms with Crippen LogP contribution in [0.15, 0.2) is 29.2 Å². The molecule has 5 heteroatoms. The van der Waals surface area contributed by atoms with Gasteiger partial charge in [-0.2, -0.15) is 0 Å². The molecule has 24 heavy (non-hydrogen) atoms. The SMILES string of the molecule is CCSc1ccc(C(C)NC(=O)CC(C)C2CCNCC2)cc1.Cl. The van der Waals surface area contributed by atoms with Gasteiger partial charge >= 0.3 is 0 Å². The summed E-state index contributed by atoms with van der Waals surface area (Å²) in [5.74, 6) is 2.41. The first-order chi connectivity index (χ1) is 11.1. The van der Waals surface area contributed by atoms with Gasteiger partial charge in [0.25, 0.3) is 0 Å². The van der Waals surface area contributed by atoms with Crippen molar-refractivity contribution in [3.8, 4) is 0 Å². The number of carbonyl (C=O) groups excluding carboxylic acids is 1. The Kier molecular flexibility index (Phi) is 9.79. The maximum atomic E-state index is 12.3. The second-order valence-corrected chi connectivity index (χ2v) is 7.90. The molecule has 2 atom stereocenters. The van der Waals surface area contributed by atoms with Crippen LogP contribution in [0.3, 0.4) is 0 Å². The third kappa shape index (κ3) is 6.66. The van der Waals surface area contributed by atoms with Crippen LogP contribution in [0.4, 0.5) is 0 Å². The largest absolute Gasteiger partial charge is 0.350 e. The molecular formula is C19H31ClN2OS. The molecule has 0 aliphatic carbocycles. The Morgan fingerprint density at radius 1 is 1.25 bits per heavy atom. The van der Waals surface area contributed by atoms with E-state index in [0.717, 1.165) is 18.8 Å². The van der Waals surface area contributed by atoms with Crippen LogP contribution in [-0.2, 0) is 4.79 Å². The number of halogens is 1.